The third kappa shape index (κ3) is 6.31. The first-order chi connectivity index (χ1) is 15.5. The van der Waals surface area contributed by atoms with Crippen molar-refractivity contribution < 1.29 is 9.84 Å². The van der Waals surface area contributed by atoms with Crippen LogP contribution in [0.25, 0.3) is 5.69 Å². The van der Waals surface area contributed by atoms with E-state index >= 15 is 0 Å². The summed E-state index contributed by atoms with van der Waals surface area (Å²) in [5.41, 5.74) is 4.11. The highest BCUT2D eigenvalue weighted by Gasteiger charge is 2.22. The zero-order chi connectivity index (χ0) is 22.9. The highest BCUT2D eigenvalue weighted by atomic mass is 16.5. The lowest BCUT2D eigenvalue weighted by Crippen LogP contribution is -2.33. The van der Waals surface area contributed by atoms with Crippen molar-refractivity contribution in [2.45, 2.75) is 52.7 Å². The smallest absolute Gasteiger partial charge is 0.227 e. The second-order valence-corrected chi connectivity index (χ2v) is 8.29. The third-order valence-electron chi connectivity index (χ3n) is 5.47. The molecule has 0 bridgehead atoms. The van der Waals surface area contributed by atoms with Gasteiger partial charge in [-0.25, -0.2) is 4.68 Å². The molecule has 2 aromatic carbocycles. The maximum Gasteiger partial charge on any atom is 0.227 e. The van der Waals surface area contributed by atoms with E-state index in [1.165, 1.54) is 5.56 Å². The predicted molar refractivity (Wildman–Crippen MR) is 131 cm³/mol. The van der Waals surface area contributed by atoms with Gasteiger partial charge >= 0.3 is 0 Å². The lowest BCUT2D eigenvalue weighted by Gasteiger charge is -2.25. The van der Waals surface area contributed by atoms with E-state index in [1.807, 2.05) is 72.3 Å². The van der Waals surface area contributed by atoms with Gasteiger partial charge in [0.1, 0.15) is 5.75 Å². The summed E-state index contributed by atoms with van der Waals surface area (Å²) in [7, 11) is 0. The van der Waals surface area contributed by atoms with Crippen molar-refractivity contribution in [2.24, 2.45) is 0 Å². The molecule has 1 N–H and O–H groups in total. The summed E-state index contributed by atoms with van der Waals surface area (Å²) in [4.78, 5) is 2.29. The largest absolute Gasteiger partial charge is 0.439 e. The number of para-hydroxylation sites is 1. The van der Waals surface area contributed by atoms with Gasteiger partial charge in [-0.2, -0.15) is 5.10 Å². The highest BCUT2D eigenvalue weighted by molar-refractivity contribution is 5.43. The molecule has 0 unspecified atom stereocenters. The number of aromatic nitrogens is 2. The molecule has 0 spiro atoms. The van der Waals surface area contributed by atoms with Crippen LogP contribution in [0.15, 0.2) is 67.3 Å². The maximum absolute atomic E-state index is 10.5. The number of aliphatic hydroxyl groups excluding tert-OH is 1. The normalized spacial score (nSPS) is 12.2. The number of benzene rings is 2. The zero-order valence-electron chi connectivity index (χ0n) is 19.5. The van der Waals surface area contributed by atoms with E-state index in [1.54, 1.807) is 0 Å². The molecular formula is C27H35N3O2. The number of allylic oxidation sites excluding steroid dienone is 1. The molecule has 5 heteroatoms. The molecule has 1 heterocycles. The molecular weight excluding hydrogens is 398 g/mol. The molecule has 0 aliphatic carbocycles. The predicted octanol–water partition coefficient (Wildman–Crippen LogP) is 5.82. The highest BCUT2D eigenvalue weighted by Crippen LogP contribution is 2.32. The van der Waals surface area contributed by atoms with Gasteiger partial charge in [0.15, 0.2) is 0 Å². The van der Waals surface area contributed by atoms with Crippen LogP contribution in [0.1, 0.15) is 43.0 Å². The standard InChI is InChI=1S/C27H35N3O2/c1-5-7-13-24(31)19-29(18-6-2)20-26-22(4)28-30(23-11-9-8-10-12-23)27(26)32-25-16-14-21(3)15-17-25/h5,8-12,14-17,24,31H,1,6-7,13,18-20H2,2-4H3/t24-/m1/s1. The van der Waals surface area contributed by atoms with Crippen LogP contribution < -0.4 is 4.74 Å². The summed E-state index contributed by atoms with van der Waals surface area (Å²) in [6.07, 6.45) is 4.01. The number of aryl methyl sites for hydroxylation is 2. The molecule has 0 radical (unpaired) electrons. The molecule has 170 valence electrons. The van der Waals surface area contributed by atoms with Gasteiger partial charge in [-0.1, -0.05) is 48.9 Å². The third-order valence-corrected chi connectivity index (χ3v) is 5.47. The van der Waals surface area contributed by atoms with Crippen molar-refractivity contribution in [1.29, 1.82) is 0 Å². The molecule has 1 aromatic heterocycles. The van der Waals surface area contributed by atoms with E-state index in [2.05, 4.69) is 25.3 Å². The SMILES string of the molecule is C=CCC[C@@H](O)CN(CCC)Cc1c(C)nn(-c2ccccc2)c1Oc1ccc(C)cc1. The average Bonchev–Trinajstić information content (AvgIpc) is 3.09. The van der Waals surface area contributed by atoms with Gasteiger partial charge in [0.25, 0.3) is 0 Å². The Morgan fingerprint density at radius 2 is 1.84 bits per heavy atom. The fourth-order valence-electron chi connectivity index (χ4n) is 3.76. The molecule has 0 fully saturated rings. The molecule has 0 aliphatic heterocycles. The summed E-state index contributed by atoms with van der Waals surface area (Å²) in [6.45, 7) is 12.2. The first-order valence-electron chi connectivity index (χ1n) is 11.4. The minimum atomic E-state index is -0.384. The Morgan fingerprint density at radius 3 is 2.50 bits per heavy atom. The number of rotatable bonds is 12. The fraction of sp³-hybridized carbons (Fsp3) is 0.370. The summed E-state index contributed by atoms with van der Waals surface area (Å²) in [5.74, 6) is 1.50. The van der Waals surface area contributed by atoms with E-state index in [-0.39, 0.29) is 6.10 Å². The minimum Gasteiger partial charge on any atom is -0.439 e. The second-order valence-electron chi connectivity index (χ2n) is 8.29. The topological polar surface area (TPSA) is 50.5 Å². The number of ether oxygens (including phenoxy) is 1. The van der Waals surface area contributed by atoms with Crippen LogP contribution in [0.2, 0.25) is 0 Å². The van der Waals surface area contributed by atoms with E-state index in [4.69, 9.17) is 9.84 Å². The molecule has 5 nitrogen and oxygen atoms in total. The Balaban J connectivity index is 1.94. The summed E-state index contributed by atoms with van der Waals surface area (Å²) < 4.78 is 8.30. The first-order valence-corrected chi connectivity index (χ1v) is 11.4. The zero-order valence-corrected chi connectivity index (χ0v) is 19.5. The van der Waals surface area contributed by atoms with Crippen molar-refractivity contribution in [2.75, 3.05) is 13.1 Å². The molecule has 0 amide bonds. The monoisotopic (exact) mass is 433 g/mol. The van der Waals surface area contributed by atoms with Crippen molar-refractivity contribution in [1.82, 2.24) is 14.7 Å². The van der Waals surface area contributed by atoms with Crippen molar-refractivity contribution in [3.63, 3.8) is 0 Å². The van der Waals surface area contributed by atoms with Gasteiger partial charge in [0.2, 0.25) is 5.88 Å². The van der Waals surface area contributed by atoms with Crippen LogP contribution in [0.4, 0.5) is 0 Å². The Labute approximate surface area is 192 Å². The quantitative estimate of drug-likeness (QED) is 0.366. The van der Waals surface area contributed by atoms with Crippen LogP contribution in [0.3, 0.4) is 0 Å². The van der Waals surface area contributed by atoms with Gasteiger partial charge in [-0.05, 0) is 63.9 Å². The van der Waals surface area contributed by atoms with Crippen LogP contribution in [0.5, 0.6) is 11.6 Å². The Bertz CT molecular complexity index is 980. The maximum atomic E-state index is 10.5. The van der Waals surface area contributed by atoms with E-state index in [0.717, 1.165) is 54.4 Å². The number of nitrogens with zero attached hydrogens (tertiary/aromatic N) is 3. The van der Waals surface area contributed by atoms with Crippen molar-refractivity contribution in [3.05, 3.63) is 84.1 Å². The average molecular weight is 434 g/mol. The number of hydrogen-bond donors (Lipinski definition) is 1. The Hall–Kier alpha value is -2.89. The van der Waals surface area contributed by atoms with Gasteiger partial charge in [-0.3, -0.25) is 4.90 Å². The summed E-state index contributed by atoms with van der Waals surface area (Å²) in [6, 6.07) is 18.1. The van der Waals surface area contributed by atoms with Crippen LogP contribution >= 0.6 is 0 Å². The lowest BCUT2D eigenvalue weighted by atomic mass is 10.1. The number of hydrogen-bond acceptors (Lipinski definition) is 4. The molecule has 0 saturated heterocycles. The van der Waals surface area contributed by atoms with E-state index in [9.17, 15) is 5.11 Å². The molecule has 3 aromatic rings. The summed E-state index contributed by atoms with van der Waals surface area (Å²) >= 11 is 0. The van der Waals surface area contributed by atoms with Gasteiger partial charge in [-0.15, -0.1) is 6.58 Å². The Morgan fingerprint density at radius 1 is 1.12 bits per heavy atom. The minimum absolute atomic E-state index is 0.384. The number of aliphatic hydroxyl groups is 1. The van der Waals surface area contributed by atoms with Gasteiger partial charge < -0.3 is 9.84 Å². The van der Waals surface area contributed by atoms with Crippen LogP contribution in [-0.2, 0) is 6.54 Å². The molecule has 3 rings (SSSR count). The van der Waals surface area contributed by atoms with Crippen LogP contribution in [0, 0.1) is 13.8 Å². The lowest BCUT2D eigenvalue weighted by molar-refractivity contribution is 0.102. The summed E-state index contributed by atoms with van der Waals surface area (Å²) in [5, 5.41) is 15.3. The fourth-order valence-corrected chi connectivity index (χ4v) is 3.76. The molecule has 32 heavy (non-hydrogen) atoms. The van der Waals surface area contributed by atoms with Gasteiger partial charge in [0.05, 0.1) is 23.0 Å². The molecule has 0 saturated carbocycles. The van der Waals surface area contributed by atoms with Gasteiger partial charge in [0, 0.05) is 13.1 Å². The van der Waals surface area contributed by atoms with Crippen molar-refractivity contribution >= 4 is 0 Å². The van der Waals surface area contributed by atoms with E-state index in [0.29, 0.717) is 13.1 Å². The molecule has 1 atom stereocenters. The molecule has 0 aliphatic rings. The first kappa shape index (κ1) is 23.8. The van der Waals surface area contributed by atoms with E-state index < -0.39 is 0 Å². The Kier molecular flexibility index (Phi) is 8.65. The second kappa shape index (κ2) is 11.7. The van der Waals surface area contributed by atoms with Crippen LogP contribution in [-0.4, -0.2) is 39.0 Å². The van der Waals surface area contributed by atoms with Crippen molar-refractivity contribution in [3.8, 4) is 17.3 Å².